The van der Waals surface area contributed by atoms with Crippen LogP contribution in [-0.4, -0.2) is 11.0 Å². The molecule has 0 fully saturated rings. The molecule has 0 radical (unpaired) electrons. The average Bonchev–Trinajstić information content (AvgIpc) is 2.38. The maximum atomic E-state index is 12.5. The lowest BCUT2D eigenvalue weighted by Crippen LogP contribution is -2.11. The highest BCUT2D eigenvalue weighted by molar-refractivity contribution is 9.10. The van der Waals surface area contributed by atoms with Crippen LogP contribution in [0, 0.1) is 0 Å². The summed E-state index contributed by atoms with van der Waals surface area (Å²) in [5, 5.41) is 0. The van der Waals surface area contributed by atoms with Crippen molar-refractivity contribution in [1.29, 1.82) is 0 Å². The molecule has 20 heavy (non-hydrogen) atoms. The Bertz CT molecular complexity index is 644. The Kier molecular flexibility index (Phi) is 4.08. The number of carbonyl (C=O) groups excluding carboxylic acids is 1. The van der Waals surface area contributed by atoms with Gasteiger partial charge >= 0.3 is 12.1 Å². The summed E-state index contributed by atoms with van der Waals surface area (Å²) < 4.78 is 42.9. The predicted molar refractivity (Wildman–Crippen MR) is 68.3 cm³/mol. The van der Waals surface area contributed by atoms with Crippen LogP contribution in [0.4, 0.5) is 13.2 Å². The highest BCUT2D eigenvalue weighted by Crippen LogP contribution is 2.31. The first-order chi connectivity index (χ1) is 9.36. The predicted octanol–water partition coefficient (Wildman–Crippen LogP) is 4.08. The quantitative estimate of drug-likeness (QED) is 0.467. The summed E-state index contributed by atoms with van der Waals surface area (Å²) in [7, 11) is 0. The van der Waals surface area contributed by atoms with Crippen LogP contribution in [0.15, 0.2) is 47.1 Å². The molecule has 2 aromatic rings. The van der Waals surface area contributed by atoms with Gasteiger partial charge in [0.1, 0.15) is 16.0 Å². The second kappa shape index (κ2) is 5.62. The topological polar surface area (TPSA) is 39.2 Å². The molecule has 0 aliphatic carbocycles. The van der Waals surface area contributed by atoms with Crippen molar-refractivity contribution < 1.29 is 22.7 Å². The highest BCUT2D eigenvalue weighted by atomic mass is 79.9. The summed E-state index contributed by atoms with van der Waals surface area (Å²) in [6, 6.07) is 8.68. The number of halogens is 4. The number of aromatic nitrogens is 1. The molecule has 1 aromatic heterocycles. The van der Waals surface area contributed by atoms with Gasteiger partial charge in [-0.05, 0) is 46.3 Å². The van der Waals surface area contributed by atoms with Crippen LogP contribution in [0.5, 0.6) is 5.75 Å². The fourth-order valence-corrected chi connectivity index (χ4v) is 1.76. The summed E-state index contributed by atoms with van der Waals surface area (Å²) in [6.07, 6.45) is -4.49. The molecule has 0 saturated carbocycles. The molecule has 0 spiro atoms. The van der Waals surface area contributed by atoms with E-state index in [9.17, 15) is 18.0 Å². The first-order valence-corrected chi connectivity index (χ1v) is 6.17. The summed E-state index contributed by atoms with van der Waals surface area (Å²) in [6.45, 7) is 0. The average molecular weight is 346 g/mol. The summed E-state index contributed by atoms with van der Waals surface area (Å²) >= 11 is 3.09. The van der Waals surface area contributed by atoms with Gasteiger partial charge in [-0.3, -0.25) is 0 Å². The van der Waals surface area contributed by atoms with E-state index in [4.69, 9.17) is 4.74 Å². The Balaban J connectivity index is 2.20. The van der Waals surface area contributed by atoms with Gasteiger partial charge in [0, 0.05) is 0 Å². The fourth-order valence-electron chi connectivity index (χ4n) is 1.42. The molecule has 0 bridgehead atoms. The second-order valence-electron chi connectivity index (χ2n) is 3.76. The van der Waals surface area contributed by atoms with Gasteiger partial charge in [-0.15, -0.1) is 0 Å². The van der Waals surface area contributed by atoms with Gasteiger partial charge < -0.3 is 4.74 Å². The molecule has 1 heterocycles. The zero-order chi connectivity index (χ0) is 14.8. The number of hydrogen-bond acceptors (Lipinski definition) is 3. The van der Waals surface area contributed by atoms with Crippen LogP contribution >= 0.6 is 15.9 Å². The number of benzene rings is 1. The normalized spacial score (nSPS) is 11.2. The second-order valence-corrected chi connectivity index (χ2v) is 4.57. The molecular weight excluding hydrogens is 339 g/mol. The minimum absolute atomic E-state index is 0.00298. The maximum Gasteiger partial charge on any atom is 0.416 e. The number of nitrogens with zero attached hydrogens (tertiary/aromatic N) is 1. The number of hydrogen-bond donors (Lipinski definition) is 0. The van der Waals surface area contributed by atoms with E-state index in [2.05, 4.69) is 20.9 Å². The lowest BCUT2D eigenvalue weighted by atomic mass is 10.2. The van der Waals surface area contributed by atoms with Crippen LogP contribution < -0.4 is 4.74 Å². The van der Waals surface area contributed by atoms with E-state index in [0.29, 0.717) is 4.60 Å². The molecule has 0 saturated heterocycles. The molecule has 0 aliphatic heterocycles. The molecule has 1 aromatic carbocycles. The molecule has 2 rings (SSSR count). The van der Waals surface area contributed by atoms with E-state index in [1.165, 1.54) is 18.2 Å². The Hall–Kier alpha value is -1.89. The van der Waals surface area contributed by atoms with Crippen molar-refractivity contribution in [3.05, 3.63) is 58.3 Å². The summed E-state index contributed by atoms with van der Waals surface area (Å²) in [5.74, 6) is -1.02. The maximum absolute atomic E-state index is 12.5. The van der Waals surface area contributed by atoms with E-state index in [1.807, 2.05) is 0 Å². The van der Waals surface area contributed by atoms with Crippen LogP contribution in [0.1, 0.15) is 16.1 Å². The molecular formula is C13H7BrF3NO2. The smallest absolute Gasteiger partial charge is 0.416 e. The van der Waals surface area contributed by atoms with Gasteiger partial charge in [0.25, 0.3) is 0 Å². The van der Waals surface area contributed by atoms with E-state index >= 15 is 0 Å². The van der Waals surface area contributed by atoms with Crippen molar-refractivity contribution in [3.63, 3.8) is 0 Å². The molecule has 0 unspecified atom stereocenters. The van der Waals surface area contributed by atoms with Crippen molar-refractivity contribution >= 4 is 21.9 Å². The number of esters is 1. The number of pyridine rings is 1. The van der Waals surface area contributed by atoms with Gasteiger partial charge in [0.05, 0.1) is 5.56 Å². The zero-order valence-corrected chi connectivity index (χ0v) is 11.4. The Morgan fingerprint density at radius 2 is 1.85 bits per heavy atom. The highest BCUT2D eigenvalue weighted by Gasteiger charge is 2.30. The Morgan fingerprint density at radius 3 is 2.50 bits per heavy atom. The summed E-state index contributed by atoms with van der Waals surface area (Å²) in [4.78, 5) is 15.6. The lowest BCUT2D eigenvalue weighted by molar-refractivity contribution is -0.137. The minimum atomic E-state index is -4.49. The van der Waals surface area contributed by atoms with Crippen LogP contribution in [0.25, 0.3) is 0 Å². The first kappa shape index (κ1) is 14.5. The molecule has 3 nitrogen and oxygen atoms in total. The van der Waals surface area contributed by atoms with Gasteiger partial charge in [-0.2, -0.15) is 13.2 Å². The largest absolute Gasteiger partial charge is 0.422 e. The lowest BCUT2D eigenvalue weighted by Gasteiger charge is -2.09. The number of carbonyl (C=O) groups is 1. The minimum Gasteiger partial charge on any atom is -0.422 e. The number of rotatable bonds is 2. The Morgan fingerprint density at radius 1 is 1.15 bits per heavy atom. The third-order valence-electron chi connectivity index (χ3n) is 2.30. The monoisotopic (exact) mass is 345 g/mol. The van der Waals surface area contributed by atoms with Crippen molar-refractivity contribution in [1.82, 2.24) is 4.98 Å². The number of alkyl halides is 3. The molecule has 0 aliphatic rings. The van der Waals surface area contributed by atoms with Gasteiger partial charge in [-0.25, -0.2) is 9.78 Å². The molecule has 7 heteroatoms. The van der Waals surface area contributed by atoms with E-state index in [-0.39, 0.29) is 11.4 Å². The van der Waals surface area contributed by atoms with Crippen molar-refractivity contribution in [2.75, 3.05) is 0 Å². The summed E-state index contributed by atoms with van der Waals surface area (Å²) in [5.41, 5.74) is -0.887. The van der Waals surface area contributed by atoms with Gasteiger partial charge in [0.2, 0.25) is 0 Å². The van der Waals surface area contributed by atoms with Crippen LogP contribution in [0.3, 0.4) is 0 Å². The van der Waals surface area contributed by atoms with Gasteiger partial charge in [0.15, 0.2) is 0 Å². The first-order valence-electron chi connectivity index (χ1n) is 5.38. The molecule has 0 N–H and O–H groups in total. The van der Waals surface area contributed by atoms with Crippen molar-refractivity contribution in [2.45, 2.75) is 6.18 Å². The molecule has 104 valence electrons. The molecule has 0 amide bonds. The fraction of sp³-hybridized carbons (Fsp3) is 0.0769. The molecule has 0 atom stereocenters. The van der Waals surface area contributed by atoms with E-state index in [0.717, 1.165) is 12.1 Å². The van der Waals surface area contributed by atoms with Crippen LogP contribution in [-0.2, 0) is 6.18 Å². The third-order valence-corrected chi connectivity index (χ3v) is 2.74. The van der Waals surface area contributed by atoms with E-state index < -0.39 is 17.7 Å². The van der Waals surface area contributed by atoms with Gasteiger partial charge in [-0.1, -0.05) is 12.1 Å². The third kappa shape index (κ3) is 3.57. The standard InChI is InChI=1S/C13H7BrF3NO2/c14-11-6-2-5-10(18-11)12(19)20-9-4-1-3-8(7-9)13(15,16)17/h1-7H. The van der Waals surface area contributed by atoms with Crippen LogP contribution in [0.2, 0.25) is 0 Å². The Labute approximate surface area is 120 Å². The van der Waals surface area contributed by atoms with Crippen molar-refractivity contribution in [2.24, 2.45) is 0 Å². The number of ether oxygens (including phenoxy) is 1. The zero-order valence-electron chi connectivity index (χ0n) is 9.82. The van der Waals surface area contributed by atoms with Crippen molar-refractivity contribution in [3.8, 4) is 5.75 Å². The van der Waals surface area contributed by atoms with E-state index in [1.54, 1.807) is 12.1 Å². The SMILES string of the molecule is O=C(Oc1cccc(C(F)(F)F)c1)c1cccc(Br)n1.